The van der Waals surface area contributed by atoms with Gasteiger partial charge in [0.25, 0.3) is 11.8 Å². The van der Waals surface area contributed by atoms with Crippen molar-refractivity contribution in [1.29, 1.82) is 0 Å². The average molecular weight is 385 g/mol. The molecule has 1 saturated heterocycles. The van der Waals surface area contributed by atoms with Crippen molar-refractivity contribution in [1.82, 2.24) is 15.0 Å². The van der Waals surface area contributed by atoms with Gasteiger partial charge in [-0.15, -0.1) is 0 Å². The first-order valence-electron chi connectivity index (χ1n) is 9.40. The van der Waals surface area contributed by atoms with Gasteiger partial charge in [0.2, 0.25) is 0 Å². The number of nitrogens with zero attached hydrogens (tertiary/aromatic N) is 3. The third kappa shape index (κ3) is 3.60. The first kappa shape index (κ1) is 18.5. The fraction of sp³-hybridized carbons (Fsp3) is 0.450. The van der Waals surface area contributed by atoms with Crippen LogP contribution in [-0.4, -0.2) is 65.7 Å². The number of amides is 2. The molecule has 1 aromatic heterocycles. The Morgan fingerprint density at radius 3 is 2.64 bits per heavy atom. The highest BCUT2D eigenvalue weighted by Gasteiger charge is 2.29. The Kier molecular flexibility index (Phi) is 5.04. The molecule has 1 atom stereocenters. The van der Waals surface area contributed by atoms with E-state index in [4.69, 9.17) is 14.0 Å². The summed E-state index contributed by atoms with van der Waals surface area (Å²) < 4.78 is 16.2. The maximum atomic E-state index is 12.9. The number of aryl methyl sites for hydroxylation is 1. The van der Waals surface area contributed by atoms with Crippen molar-refractivity contribution >= 4 is 11.8 Å². The summed E-state index contributed by atoms with van der Waals surface area (Å²) in [5, 5.41) is 3.84. The lowest BCUT2D eigenvalue weighted by Gasteiger charge is -2.27. The fourth-order valence-electron chi connectivity index (χ4n) is 3.45. The predicted octanol–water partition coefficient (Wildman–Crippen LogP) is 1.88. The molecule has 148 valence electrons. The second-order valence-corrected chi connectivity index (χ2v) is 7.14. The van der Waals surface area contributed by atoms with Crippen LogP contribution in [0.2, 0.25) is 0 Å². The zero-order valence-corrected chi connectivity index (χ0v) is 16.0. The minimum Gasteiger partial charge on any atom is -0.491 e. The minimum atomic E-state index is -0.217. The molecule has 3 heterocycles. The molecule has 1 fully saturated rings. The highest BCUT2D eigenvalue weighted by atomic mass is 16.5. The number of morpholine rings is 1. The van der Waals surface area contributed by atoms with Crippen molar-refractivity contribution in [2.75, 3.05) is 32.9 Å². The SMILES string of the molecule is Cc1cc(C(=O)N2Cc3cc(C(=O)N4CCOCC4)ccc3OC[C@@H]2C)no1. The zero-order chi connectivity index (χ0) is 19.7. The molecule has 4 rings (SSSR count). The Hall–Kier alpha value is -2.87. The Labute approximate surface area is 163 Å². The van der Waals surface area contributed by atoms with Crippen LogP contribution in [0.15, 0.2) is 28.8 Å². The van der Waals surface area contributed by atoms with E-state index >= 15 is 0 Å². The molecule has 0 unspecified atom stereocenters. The summed E-state index contributed by atoms with van der Waals surface area (Å²) in [4.78, 5) is 29.2. The molecule has 28 heavy (non-hydrogen) atoms. The molecule has 2 aliphatic rings. The van der Waals surface area contributed by atoms with Crippen molar-refractivity contribution in [2.45, 2.75) is 26.4 Å². The molecule has 0 spiro atoms. The van der Waals surface area contributed by atoms with Crippen LogP contribution in [0.5, 0.6) is 5.75 Å². The molecule has 1 aromatic carbocycles. The molecule has 2 aliphatic heterocycles. The number of hydrogen-bond donors (Lipinski definition) is 0. The third-order valence-corrected chi connectivity index (χ3v) is 5.07. The third-order valence-electron chi connectivity index (χ3n) is 5.07. The van der Waals surface area contributed by atoms with Crippen molar-refractivity contribution in [3.8, 4) is 5.75 Å². The van der Waals surface area contributed by atoms with E-state index in [1.165, 1.54) is 0 Å². The second kappa shape index (κ2) is 7.63. The molecule has 0 radical (unpaired) electrons. The van der Waals surface area contributed by atoms with Crippen molar-refractivity contribution in [3.63, 3.8) is 0 Å². The highest BCUT2D eigenvalue weighted by Crippen LogP contribution is 2.28. The van der Waals surface area contributed by atoms with E-state index in [0.717, 1.165) is 5.56 Å². The number of ether oxygens (including phenoxy) is 2. The Balaban J connectivity index is 1.59. The summed E-state index contributed by atoms with van der Waals surface area (Å²) in [6, 6.07) is 6.89. The van der Waals surface area contributed by atoms with E-state index in [0.29, 0.717) is 56.5 Å². The minimum absolute atomic E-state index is 0.0339. The van der Waals surface area contributed by atoms with Crippen LogP contribution in [0.1, 0.15) is 39.1 Å². The number of hydrogen-bond acceptors (Lipinski definition) is 6. The zero-order valence-electron chi connectivity index (χ0n) is 16.0. The maximum absolute atomic E-state index is 12.9. The van der Waals surface area contributed by atoms with Crippen LogP contribution in [0.4, 0.5) is 0 Å². The van der Waals surface area contributed by atoms with Crippen LogP contribution in [-0.2, 0) is 11.3 Å². The van der Waals surface area contributed by atoms with Crippen molar-refractivity contribution in [2.24, 2.45) is 0 Å². The lowest BCUT2D eigenvalue weighted by Crippen LogP contribution is -2.41. The maximum Gasteiger partial charge on any atom is 0.276 e. The first-order chi connectivity index (χ1) is 13.5. The van der Waals surface area contributed by atoms with Gasteiger partial charge in [-0.3, -0.25) is 9.59 Å². The predicted molar refractivity (Wildman–Crippen MR) is 99.2 cm³/mol. The molecular weight excluding hydrogens is 362 g/mol. The average Bonchev–Trinajstić information content (AvgIpc) is 3.09. The van der Waals surface area contributed by atoms with Crippen LogP contribution < -0.4 is 4.74 Å². The Morgan fingerprint density at radius 1 is 1.14 bits per heavy atom. The number of carbonyl (C=O) groups is 2. The standard InChI is InChI=1S/C20H23N3O5/c1-13-12-27-18-4-3-15(19(24)22-5-7-26-8-6-22)10-16(18)11-23(13)20(25)17-9-14(2)28-21-17/h3-4,9-10,13H,5-8,11-12H2,1-2H3/t13-/m0/s1. The quantitative estimate of drug-likeness (QED) is 0.785. The van der Waals surface area contributed by atoms with Crippen LogP contribution >= 0.6 is 0 Å². The van der Waals surface area contributed by atoms with Crippen molar-refractivity contribution < 1.29 is 23.6 Å². The van der Waals surface area contributed by atoms with E-state index in [2.05, 4.69) is 5.16 Å². The Bertz CT molecular complexity index is 888. The lowest BCUT2D eigenvalue weighted by molar-refractivity contribution is 0.0303. The topological polar surface area (TPSA) is 85.1 Å². The number of benzene rings is 1. The van der Waals surface area contributed by atoms with Gasteiger partial charge >= 0.3 is 0 Å². The molecule has 0 aliphatic carbocycles. The van der Waals surface area contributed by atoms with Crippen LogP contribution in [0.25, 0.3) is 0 Å². The van der Waals surface area contributed by atoms with Gasteiger partial charge in [-0.05, 0) is 32.0 Å². The van der Waals surface area contributed by atoms with E-state index < -0.39 is 0 Å². The Morgan fingerprint density at radius 2 is 1.93 bits per heavy atom. The largest absolute Gasteiger partial charge is 0.491 e. The summed E-state index contributed by atoms with van der Waals surface area (Å²) in [7, 11) is 0. The number of carbonyl (C=O) groups excluding carboxylic acids is 2. The summed E-state index contributed by atoms with van der Waals surface area (Å²) >= 11 is 0. The molecule has 0 N–H and O–H groups in total. The van der Waals surface area contributed by atoms with Crippen LogP contribution in [0.3, 0.4) is 0 Å². The number of rotatable bonds is 2. The van der Waals surface area contributed by atoms with Gasteiger partial charge in [-0.2, -0.15) is 0 Å². The monoisotopic (exact) mass is 385 g/mol. The molecule has 8 heteroatoms. The lowest BCUT2D eigenvalue weighted by atomic mass is 10.1. The smallest absolute Gasteiger partial charge is 0.276 e. The number of aromatic nitrogens is 1. The van der Waals surface area contributed by atoms with E-state index in [9.17, 15) is 9.59 Å². The highest BCUT2D eigenvalue weighted by molar-refractivity contribution is 5.95. The molecule has 2 aromatic rings. The molecule has 8 nitrogen and oxygen atoms in total. The molecule has 2 amide bonds. The summed E-state index contributed by atoms with van der Waals surface area (Å²) in [6.07, 6.45) is 0. The van der Waals surface area contributed by atoms with Gasteiger partial charge in [-0.1, -0.05) is 5.16 Å². The second-order valence-electron chi connectivity index (χ2n) is 7.14. The van der Waals surface area contributed by atoms with E-state index in [1.807, 2.05) is 19.1 Å². The summed E-state index contributed by atoms with van der Waals surface area (Å²) in [5.41, 5.74) is 1.66. The van der Waals surface area contributed by atoms with Gasteiger partial charge in [0.05, 0.1) is 25.8 Å². The molecular formula is C20H23N3O5. The van der Waals surface area contributed by atoms with Crippen molar-refractivity contribution in [3.05, 3.63) is 46.8 Å². The van der Waals surface area contributed by atoms with Gasteiger partial charge in [-0.25, -0.2) is 0 Å². The first-order valence-corrected chi connectivity index (χ1v) is 9.40. The number of fused-ring (bicyclic) bond motifs is 1. The van der Waals surface area contributed by atoms with Gasteiger partial charge < -0.3 is 23.8 Å². The van der Waals surface area contributed by atoms with E-state index in [1.54, 1.807) is 28.9 Å². The fourth-order valence-corrected chi connectivity index (χ4v) is 3.45. The van der Waals surface area contributed by atoms with Crippen LogP contribution in [0, 0.1) is 6.92 Å². The van der Waals surface area contributed by atoms with Gasteiger partial charge in [0.15, 0.2) is 5.69 Å². The van der Waals surface area contributed by atoms with Gasteiger partial charge in [0, 0.05) is 30.3 Å². The van der Waals surface area contributed by atoms with E-state index in [-0.39, 0.29) is 23.6 Å². The summed E-state index contributed by atoms with van der Waals surface area (Å²) in [5.74, 6) is 1.02. The normalized spacial score (nSPS) is 19.6. The molecule has 0 saturated carbocycles. The molecule has 0 bridgehead atoms. The summed E-state index contributed by atoms with van der Waals surface area (Å²) in [6.45, 7) is 6.65. The van der Waals surface area contributed by atoms with Gasteiger partial charge in [0.1, 0.15) is 18.1 Å².